The Balaban J connectivity index is 1.87. The number of rotatable bonds is 2. The van der Waals surface area contributed by atoms with E-state index < -0.39 is 0 Å². The summed E-state index contributed by atoms with van der Waals surface area (Å²) in [5, 5.41) is 3.56. The van der Waals surface area contributed by atoms with Gasteiger partial charge in [-0.3, -0.25) is 0 Å². The molecule has 3 heteroatoms. The van der Waals surface area contributed by atoms with Crippen LogP contribution < -0.4 is 5.32 Å². The van der Waals surface area contributed by atoms with Crippen LogP contribution in [0, 0.1) is 0 Å². The van der Waals surface area contributed by atoms with Crippen LogP contribution in [0.3, 0.4) is 0 Å². The molecule has 17 heavy (non-hydrogen) atoms. The number of pyridine rings is 1. The second-order valence-corrected chi connectivity index (χ2v) is 5.03. The molecule has 0 aliphatic heterocycles. The van der Waals surface area contributed by atoms with Crippen molar-refractivity contribution in [2.45, 2.75) is 18.9 Å². The maximum absolute atomic E-state index is 4.23. The van der Waals surface area contributed by atoms with Crippen molar-refractivity contribution in [1.82, 2.24) is 4.98 Å². The molecule has 1 aromatic carbocycles. The summed E-state index contributed by atoms with van der Waals surface area (Å²) in [6, 6.07) is 13.1. The van der Waals surface area contributed by atoms with E-state index in [2.05, 4.69) is 56.6 Å². The van der Waals surface area contributed by atoms with E-state index in [1.165, 1.54) is 11.1 Å². The van der Waals surface area contributed by atoms with Crippen LogP contribution in [0.15, 0.2) is 47.2 Å². The minimum atomic E-state index is 0.409. The van der Waals surface area contributed by atoms with Crippen LogP contribution in [0.4, 0.5) is 5.69 Å². The minimum Gasteiger partial charge on any atom is -0.376 e. The third-order valence-electron chi connectivity index (χ3n) is 3.22. The van der Waals surface area contributed by atoms with Crippen molar-refractivity contribution in [3.8, 4) is 0 Å². The highest BCUT2D eigenvalue weighted by atomic mass is 79.9. The summed E-state index contributed by atoms with van der Waals surface area (Å²) in [5.41, 5.74) is 3.95. The maximum Gasteiger partial charge on any atom is 0.129 e. The highest BCUT2D eigenvalue weighted by Crippen LogP contribution is 2.34. The molecule has 0 bridgehead atoms. The van der Waals surface area contributed by atoms with Crippen LogP contribution in [0.5, 0.6) is 0 Å². The second kappa shape index (κ2) is 4.49. The SMILES string of the molecule is Brc1ncccc1NC1CCc2ccccc21. The summed E-state index contributed by atoms with van der Waals surface area (Å²) in [5.74, 6) is 0. The smallest absolute Gasteiger partial charge is 0.129 e. The van der Waals surface area contributed by atoms with Gasteiger partial charge >= 0.3 is 0 Å². The Morgan fingerprint density at radius 3 is 2.94 bits per heavy atom. The fourth-order valence-corrected chi connectivity index (χ4v) is 2.75. The number of benzene rings is 1. The number of aromatic nitrogens is 1. The zero-order valence-corrected chi connectivity index (χ0v) is 10.9. The summed E-state index contributed by atoms with van der Waals surface area (Å²) in [6.45, 7) is 0. The largest absolute Gasteiger partial charge is 0.376 e. The monoisotopic (exact) mass is 288 g/mol. The van der Waals surface area contributed by atoms with E-state index in [1.807, 2.05) is 6.07 Å². The average molecular weight is 289 g/mol. The molecule has 1 aliphatic rings. The maximum atomic E-state index is 4.23. The molecule has 1 N–H and O–H groups in total. The summed E-state index contributed by atoms with van der Waals surface area (Å²) < 4.78 is 0.879. The molecule has 86 valence electrons. The minimum absolute atomic E-state index is 0.409. The molecule has 1 aliphatic carbocycles. The van der Waals surface area contributed by atoms with Gasteiger partial charge in [-0.25, -0.2) is 4.98 Å². The zero-order chi connectivity index (χ0) is 11.7. The fourth-order valence-electron chi connectivity index (χ4n) is 2.39. The normalized spacial score (nSPS) is 17.8. The van der Waals surface area contributed by atoms with Crippen LogP contribution in [0.1, 0.15) is 23.6 Å². The number of halogens is 1. The van der Waals surface area contributed by atoms with Crippen molar-refractivity contribution < 1.29 is 0 Å². The first-order valence-electron chi connectivity index (χ1n) is 5.79. The fraction of sp³-hybridized carbons (Fsp3) is 0.214. The van der Waals surface area contributed by atoms with Crippen LogP contribution in [-0.2, 0) is 6.42 Å². The van der Waals surface area contributed by atoms with E-state index in [-0.39, 0.29) is 0 Å². The van der Waals surface area contributed by atoms with Gasteiger partial charge in [0.25, 0.3) is 0 Å². The molecule has 2 aromatic rings. The molecule has 0 radical (unpaired) electrons. The number of hydrogen-bond acceptors (Lipinski definition) is 2. The lowest BCUT2D eigenvalue weighted by molar-refractivity contribution is 0.760. The van der Waals surface area contributed by atoms with Gasteiger partial charge in [0.15, 0.2) is 0 Å². The van der Waals surface area contributed by atoms with Gasteiger partial charge < -0.3 is 5.32 Å². The van der Waals surface area contributed by atoms with Crippen molar-refractivity contribution in [1.29, 1.82) is 0 Å². The summed E-state index contributed by atoms with van der Waals surface area (Å²) in [7, 11) is 0. The Morgan fingerprint density at radius 2 is 2.06 bits per heavy atom. The quantitative estimate of drug-likeness (QED) is 0.847. The van der Waals surface area contributed by atoms with E-state index in [0.29, 0.717) is 6.04 Å². The highest BCUT2D eigenvalue weighted by molar-refractivity contribution is 9.10. The van der Waals surface area contributed by atoms with Crippen LogP contribution >= 0.6 is 15.9 Å². The van der Waals surface area contributed by atoms with Gasteiger partial charge in [-0.05, 0) is 52.0 Å². The predicted molar refractivity (Wildman–Crippen MR) is 73.1 cm³/mol. The lowest BCUT2D eigenvalue weighted by atomic mass is 10.1. The van der Waals surface area contributed by atoms with Gasteiger partial charge in [0, 0.05) is 6.20 Å². The average Bonchev–Trinajstić information content (AvgIpc) is 2.76. The molecular weight excluding hydrogens is 276 g/mol. The van der Waals surface area contributed by atoms with Crippen molar-refractivity contribution in [3.63, 3.8) is 0 Å². The molecule has 1 atom stereocenters. The van der Waals surface area contributed by atoms with Crippen LogP contribution in [-0.4, -0.2) is 4.98 Å². The highest BCUT2D eigenvalue weighted by Gasteiger charge is 2.22. The summed E-state index contributed by atoms with van der Waals surface area (Å²) >= 11 is 3.47. The Labute approximate surface area is 109 Å². The van der Waals surface area contributed by atoms with Gasteiger partial charge in [0.1, 0.15) is 4.60 Å². The van der Waals surface area contributed by atoms with Crippen molar-refractivity contribution >= 4 is 21.6 Å². The van der Waals surface area contributed by atoms with Gasteiger partial charge in [0.2, 0.25) is 0 Å². The molecule has 0 saturated carbocycles. The molecule has 1 aromatic heterocycles. The van der Waals surface area contributed by atoms with Crippen molar-refractivity contribution in [2.24, 2.45) is 0 Å². The summed E-state index contributed by atoms with van der Waals surface area (Å²) in [6.07, 6.45) is 4.10. The topological polar surface area (TPSA) is 24.9 Å². The van der Waals surface area contributed by atoms with Gasteiger partial charge in [-0.2, -0.15) is 0 Å². The van der Waals surface area contributed by atoms with Crippen molar-refractivity contribution in [3.05, 3.63) is 58.3 Å². The molecule has 1 heterocycles. The molecule has 0 amide bonds. The Bertz CT molecular complexity index is 539. The number of anilines is 1. The van der Waals surface area contributed by atoms with Crippen molar-refractivity contribution in [2.75, 3.05) is 5.32 Å². The van der Waals surface area contributed by atoms with Gasteiger partial charge in [0.05, 0.1) is 11.7 Å². The Morgan fingerprint density at radius 1 is 1.18 bits per heavy atom. The molecule has 0 saturated heterocycles. The number of nitrogens with zero attached hydrogens (tertiary/aromatic N) is 1. The van der Waals surface area contributed by atoms with Crippen LogP contribution in [0.25, 0.3) is 0 Å². The zero-order valence-electron chi connectivity index (χ0n) is 9.36. The molecule has 1 unspecified atom stereocenters. The number of hydrogen-bond donors (Lipinski definition) is 1. The predicted octanol–water partition coefficient (Wildman–Crippen LogP) is 3.94. The lowest BCUT2D eigenvalue weighted by Crippen LogP contribution is -2.07. The first kappa shape index (κ1) is 10.8. The van der Waals surface area contributed by atoms with E-state index in [9.17, 15) is 0 Å². The lowest BCUT2D eigenvalue weighted by Gasteiger charge is -2.16. The second-order valence-electron chi connectivity index (χ2n) is 4.28. The standard InChI is InChI=1S/C14H13BrN2/c15-14-13(6-3-9-16-14)17-12-8-7-10-4-1-2-5-11(10)12/h1-6,9,12,17H,7-8H2. The Kier molecular flexibility index (Phi) is 2.85. The molecule has 3 rings (SSSR count). The first-order chi connectivity index (χ1) is 8.34. The van der Waals surface area contributed by atoms with E-state index in [4.69, 9.17) is 0 Å². The molecule has 0 fully saturated rings. The van der Waals surface area contributed by atoms with E-state index in [0.717, 1.165) is 23.1 Å². The molecular formula is C14H13BrN2. The van der Waals surface area contributed by atoms with E-state index >= 15 is 0 Å². The molecule has 0 spiro atoms. The first-order valence-corrected chi connectivity index (χ1v) is 6.59. The number of fused-ring (bicyclic) bond motifs is 1. The van der Waals surface area contributed by atoms with Crippen LogP contribution in [0.2, 0.25) is 0 Å². The van der Waals surface area contributed by atoms with Gasteiger partial charge in [-0.1, -0.05) is 24.3 Å². The molecule has 2 nitrogen and oxygen atoms in total. The van der Waals surface area contributed by atoms with E-state index in [1.54, 1.807) is 6.20 Å². The number of nitrogens with one attached hydrogen (secondary N) is 1. The number of aryl methyl sites for hydroxylation is 1. The summed E-state index contributed by atoms with van der Waals surface area (Å²) in [4.78, 5) is 4.23. The third-order valence-corrected chi connectivity index (χ3v) is 3.85. The Hall–Kier alpha value is -1.35. The third kappa shape index (κ3) is 2.07. The van der Waals surface area contributed by atoms with Gasteiger partial charge in [-0.15, -0.1) is 0 Å².